The standard InChI is InChI=1S/C15H17N3O5/c1-10-9-13(18-23-10)17-15(20)14(19)16-7-8-22-12-5-3-11(21-2)4-6-12/h3-6,9H,7-8H2,1-2H3,(H,16,19)(H,17,18,20). The number of nitrogens with one attached hydrogen (secondary N) is 2. The maximum atomic E-state index is 11.6. The molecule has 122 valence electrons. The predicted octanol–water partition coefficient (Wildman–Crippen LogP) is 1.13. The van der Waals surface area contributed by atoms with Gasteiger partial charge in [0.25, 0.3) is 0 Å². The summed E-state index contributed by atoms with van der Waals surface area (Å²) in [7, 11) is 1.58. The van der Waals surface area contributed by atoms with Crippen LogP contribution in [-0.4, -0.2) is 37.2 Å². The van der Waals surface area contributed by atoms with Crippen LogP contribution in [0.1, 0.15) is 5.76 Å². The topological polar surface area (TPSA) is 103 Å². The summed E-state index contributed by atoms with van der Waals surface area (Å²) in [5.41, 5.74) is 0. The van der Waals surface area contributed by atoms with Crippen molar-refractivity contribution >= 4 is 17.6 Å². The number of ether oxygens (including phenoxy) is 2. The van der Waals surface area contributed by atoms with E-state index in [0.717, 1.165) is 5.75 Å². The summed E-state index contributed by atoms with van der Waals surface area (Å²) >= 11 is 0. The number of hydrogen-bond acceptors (Lipinski definition) is 6. The first kappa shape index (κ1) is 16.3. The first-order valence-electron chi connectivity index (χ1n) is 6.88. The van der Waals surface area contributed by atoms with Crippen molar-refractivity contribution in [3.63, 3.8) is 0 Å². The molecule has 0 fully saturated rings. The third-order valence-corrected chi connectivity index (χ3v) is 2.79. The van der Waals surface area contributed by atoms with Gasteiger partial charge < -0.3 is 19.3 Å². The molecule has 0 saturated heterocycles. The van der Waals surface area contributed by atoms with Crippen molar-refractivity contribution < 1.29 is 23.6 Å². The van der Waals surface area contributed by atoms with Gasteiger partial charge in [-0.05, 0) is 31.2 Å². The Balaban J connectivity index is 1.68. The Hall–Kier alpha value is -3.03. The Morgan fingerprint density at radius 1 is 1.17 bits per heavy atom. The van der Waals surface area contributed by atoms with Crippen LogP contribution in [0.25, 0.3) is 0 Å². The first-order chi connectivity index (χ1) is 11.1. The molecule has 8 nitrogen and oxygen atoms in total. The molecule has 2 amide bonds. The van der Waals surface area contributed by atoms with E-state index in [0.29, 0.717) is 11.5 Å². The number of carbonyl (C=O) groups is 2. The van der Waals surface area contributed by atoms with Crippen LogP contribution in [-0.2, 0) is 9.59 Å². The van der Waals surface area contributed by atoms with Gasteiger partial charge in [-0.25, -0.2) is 0 Å². The van der Waals surface area contributed by atoms with E-state index in [1.165, 1.54) is 6.07 Å². The summed E-state index contributed by atoms with van der Waals surface area (Å²) in [4.78, 5) is 23.2. The molecule has 0 aliphatic rings. The van der Waals surface area contributed by atoms with Gasteiger partial charge in [0.2, 0.25) is 0 Å². The quantitative estimate of drug-likeness (QED) is 0.611. The zero-order chi connectivity index (χ0) is 16.7. The average Bonchev–Trinajstić information content (AvgIpc) is 2.96. The minimum atomic E-state index is -0.817. The van der Waals surface area contributed by atoms with E-state index >= 15 is 0 Å². The second-order valence-corrected chi connectivity index (χ2v) is 4.56. The Kier molecular flexibility index (Phi) is 5.56. The summed E-state index contributed by atoms with van der Waals surface area (Å²) in [6, 6.07) is 8.54. The summed E-state index contributed by atoms with van der Waals surface area (Å²) in [6.07, 6.45) is 0. The number of nitrogens with zero attached hydrogens (tertiary/aromatic N) is 1. The molecule has 2 rings (SSSR count). The van der Waals surface area contributed by atoms with Crippen LogP contribution in [0, 0.1) is 6.92 Å². The van der Waals surface area contributed by atoms with Gasteiger partial charge in [-0.2, -0.15) is 0 Å². The van der Waals surface area contributed by atoms with E-state index in [4.69, 9.17) is 14.0 Å². The van der Waals surface area contributed by atoms with Crippen molar-refractivity contribution in [2.75, 3.05) is 25.6 Å². The van der Waals surface area contributed by atoms with Gasteiger partial charge >= 0.3 is 11.8 Å². The number of rotatable bonds is 6. The van der Waals surface area contributed by atoms with Gasteiger partial charge in [-0.1, -0.05) is 5.16 Å². The highest BCUT2D eigenvalue weighted by atomic mass is 16.5. The molecular weight excluding hydrogens is 302 g/mol. The lowest BCUT2D eigenvalue weighted by Crippen LogP contribution is -2.37. The summed E-state index contributed by atoms with van der Waals surface area (Å²) in [5, 5.41) is 8.33. The zero-order valence-corrected chi connectivity index (χ0v) is 12.8. The molecule has 0 radical (unpaired) electrons. The largest absolute Gasteiger partial charge is 0.497 e. The molecule has 8 heteroatoms. The van der Waals surface area contributed by atoms with Crippen molar-refractivity contribution in [3.8, 4) is 11.5 Å². The normalized spacial score (nSPS) is 10.0. The van der Waals surface area contributed by atoms with Crippen molar-refractivity contribution in [2.45, 2.75) is 6.92 Å². The number of carbonyl (C=O) groups excluding carboxylic acids is 2. The molecule has 2 N–H and O–H groups in total. The van der Waals surface area contributed by atoms with Crippen LogP contribution in [0.15, 0.2) is 34.9 Å². The lowest BCUT2D eigenvalue weighted by molar-refractivity contribution is -0.136. The molecule has 0 atom stereocenters. The van der Waals surface area contributed by atoms with Gasteiger partial charge in [0, 0.05) is 6.07 Å². The second kappa shape index (κ2) is 7.83. The number of anilines is 1. The Bertz CT molecular complexity index is 666. The minimum Gasteiger partial charge on any atom is -0.497 e. The number of hydrogen-bond donors (Lipinski definition) is 2. The van der Waals surface area contributed by atoms with Crippen LogP contribution in [0.3, 0.4) is 0 Å². The van der Waals surface area contributed by atoms with E-state index in [9.17, 15) is 9.59 Å². The van der Waals surface area contributed by atoms with Gasteiger partial charge in [0.05, 0.1) is 13.7 Å². The van der Waals surface area contributed by atoms with Crippen LogP contribution in [0.5, 0.6) is 11.5 Å². The van der Waals surface area contributed by atoms with Crippen LogP contribution in [0.4, 0.5) is 5.82 Å². The Morgan fingerprint density at radius 3 is 2.48 bits per heavy atom. The van der Waals surface area contributed by atoms with Crippen molar-refractivity contribution in [3.05, 3.63) is 36.1 Å². The molecule has 1 aromatic heterocycles. The van der Waals surface area contributed by atoms with Gasteiger partial charge in [0.15, 0.2) is 5.82 Å². The Morgan fingerprint density at radius 2 is 1.87 bits per heavy atom. The third kappa shape index (κ3) is 5.03. The molecule has 0 aliphatic carbocycles. The number of aromatic nitrogens is 1. The number of methoxy groups -OCH3 is 1. The maximum Gasteiger partial charge on any atom is 0.314 e. The van der Waals surface area contributed by atoms with Crippen molar-refractivity contribution in [1.82, 2.24) is 10.5 Å². The van der Waals surface area contributed by atoms with Gasteiger partial charge in [-0.15, -0.1) is 0 Å². The van der Waals surface area contributed by atoms with Gasteiger partial charge in [0.1, 0.15) is 23.9 Å². The molecule has 1 aromatic carbocycles. The molecular formula is C15H17N3O5. The van der Waals surface area contributed by atoms with E-state index in [2.05, 4.69) is 15.8 Å². The lowest BCUT2D eigenvalue weighted by Gasteiger charge is -2.08. The summed E-state index contributed by atoms with van der Waals surface area (Å²) in [6.45, 7) is 2.10. The summed E-state index contributed by atoms with van der Waals surface area (Å²) in [5.74, 6) is 0.505. The smallest absolute Gasteiger partial charge is 0.314 e. The van der Waals surface area contributed by atoms with Crippen LogP contribution >= 0.6 is 0 Å². The second-order valence-electron chi connectivity index (χ2n) is 4.56. The molecule has 23 heavy (non-hydrogen) atoms. The lowest BCUT2D eigenvalue weighted by atomic mass is 10.3. The van der Waals surface area contributed by atoms with E-state index in [1.807, 2.05) is 0 Å². The predicted molar refractivity (Wildman–Crippen MR) is 81.4 cm³/mol. The molecule has 0 bridgehead atoms. The monoisotopic (exact) mass is 319 g/mol. The fraction of sp³-hybridized carbons (Fsp3) is 0.267. The fourth-order valence-corrected chi connectivity index (χ4v) is 1.68. The van der Waals surface area contributed by atoms with Gasteiger partial charge in [-0.3, -0.25) is 14.9 Å². The molecule has 2 aromatic rings. The number of benzene rings is 1. The summed E-state index contributed by atoms with van der Waals surface area (Å²) < 4.78 is 15.2. The third-order valence-electron chi connectivity index (χ3n) is 2.79. The number of amides is 2. The highest BCUT2D eigenvalue weighted by Gasteiger charge is 2.14. The molecule has 0 spiro atoms. The fourth-order valence-electron chi connectivity index (χ4n) is 1.68. The van der Waals surface area contributed by atoms with E-state index in [-0.39, 0.29) is 19.0 Å². The molecule has 0 saturated carbocycles. The van der Waals surface area contributed by atoms with Crippen molar-refractivity contribution in [2.24, 2.45) is 0 Å². The minimum absolute atomic E-state index is 0.191. The maximum absolute atomic E-state index is 11.6. The average molecular weight is 319 g/mol. The zero-order valence-electron chi connectivity index (χ0n) is 12.8. The van der Waals surface area contributed by atoms with Crippen molar-refractivity contribution in [1.29, 1.82) is 0 Å². The van der Waals surface area contributed by atoms with Crippen LogP contribution in [0.2, 0.25) is 0 Å². The SMILES string of the molecule is COc1ccc(OCCNC(=O)C(=O)Nc2cc(C)on2)cc1. The molecule has 1 heterocycles. The number of aryl methyl sites for hydroxylation is 1. The van der Waals surface area contributed by atoms with E-state index in [1.54, 1.807) is 38.3 Å². The molecule has 0 aliphatic heterocycles. The first-order valence-corrected chi connectivity index (χ1v) is 6.88. The van der Waals surface area contributed by atoms with E-state index < -0.39 is 11.8 Å². The highest BCUT2D eigenvalue weighted by molar-refractivity contribution is 6.39. The molecule has 0 unspecified atom stereocenters. The van der Waals surface area contributed by atoms with Crippen LogP contribution < -0.4 is 20.1 Å². The highest BCUT2D eigenvalue weighted by Crippen LogP contribution is 2.16. The Labute approximate surface area is 132 Å².